The third kappa shape index (κ3) is 2.42. The molecule has 96 valence electrons. The van der Waals surface area contributed by atoms with Crippen molar-refractivity contribution in [3.05, 3.63) is 53.3 Å². The van der Waals surface area contributed by atoms with Crippen molar-refractivity contribution in [3.8, 4) is 0 Å². The van der Waals surface area contributed by atoms with E-state index in [0.717, 1.165) is 22.6 Å². The van der Waals surface area contributed by atoms with Gasteiger partial charge < -0.3 is 10.6 Å². The van der Waals surface area contributed by atoms with Crippen LogP contribution in [0.2, 0.25) is 0 Å². The van der Waals surface area contributed by atoms with Gasteiger partial charge in [-0.1, -0.05) is 12.1 Å². The Kier molecular flexibility index (Phi) is 2.91. The molecule has 0 radical (unpaired) electrons. The van der Waals surface area contributed by atoms with Crippen LogP contribution < -0.4 is 10.6 Å². The second-order valence-electron chi connectivity index (χ2n) is 4.73. The van der Waals surface area contributed by atoms with Crippen LogP contribution in [0.15, 0.2) is 36.5 Å². The number of benzene rings is 1. The van der Waals surface area contributed by atoms with E-state index >= 15 is 0 Å². The van der Waals surface area contributed by atoms with Gasteiger partial charge in [0, 0.05) is 29.7 Å². The van der Waals surface area contributed by atoms with Gasteiger partial charge in [0.05, 0.1) is 12.1 Å². The molecular formula is C15H15N3O. The molecule has 0 saturated heterocycles. The third-order valence-electron chi connectivity index (χ3n) is 3.23. The van der Waals surface area contributed by atoms with Gasteiger partial charge in [-0.05, 0) is 30.7 Å². The first-order valence-corrected chi connectivity index (χ1v) is 6.29. The summed E-state index contributed by atoms with van der Waals surface area (Å²) in [5, 5.41) is 6.25. The van der Waals surface area contributed by atoms with Gasteiger partial charge in [-0.3, -0.25) is 9.78 Å². The molecule has 0 aliphatic carbocycles. The topological polar surface area (TPSA) is 54.0 Å². The number of hydrogen-bond donors (Lipinski definition) is 2. The SMILES string of the molecule is Cc1cccc(Nc2ccnc3c2CNC(=O)C3)c1. The molecule has 2 N–H and O–H groups in total. The number of carbonyl (C=O) groups excluding carboxylic acids is 1. The number of anilines is 2. The number of nitrogens with one attached hydrogen (secondary N) is 2. The molecule has 0 atom stereocenters. The van der Waals surface area contributed by atoms with Crippen LogP contribution in [0, 0.1) is 6.92 Å². The first-order valence-electron chi connectivity index (χ1n) is 6.29. The van der Waals surface area contributed by atoms with Crippen LogP contribution in [0.1, 0.15) is 16.8 Å². The van der Waals surface area contributed by atoms with Crippen molar-refractivity contribution in [2.45, 2.75) is 19.9 Å². The first-order chi connectivity index (χ1) is 9.22. The zero-order chi connectivity index (χ0) is 13.2. The highest BCUT2D eigenvalue weighted by Gasteiger charge is 2.18. The Morgan fingerprint density at radius 2 is 2.21 bits per heavy atom. The minimum Gasteiger partial charge on any atom is -0.355 e. The van der Waals surface area contributed by atoms with E-state index in [-0.39, 0.29) is 5.91 Å². The molecule has 1 amide bonds. The van der Waals surface area contributed by atoms with Crippen molar-refractivity contribution < 1.29 is 4.79 Å². The van der Waals surface area contributed by atoms with Gasteiger partial charge >= 0.3 is 0 Å². The Morgan fingerprint density at radius 3 is 3.05 bits per heavy atom. The van der Waals surface area contributed by atoms with Crippen molar-refractivity contribution in [2.75, 3.05) is 5.32 Å². The quantitative estimate of drug-likeness (QED) is 0.863. The van der Waals surface area contributed by atoms with E-state index in [0.29, 0.717) is 13.0 Å². The highest BCUT2D eigenvalue weighted by Crippen LogP contribution is 2.25. The summed E-state index contributed by atoms with van der Waals surface area (Å²) in [6.45, 7) is 2.60. The van der Waals surface area contributed by atoms with Crippen molar-refractivity contribution in [1.82, 2.24) is 10.3 Å². The Balaban J connectivity index is 1.94. The van der Waals surface area contributed by atoms with E-state index in [1.807, 2.05) is 18.2 Å². The summed E-state index contributed by atoms with van der Waals surface area (Å²) in [6, 6.07) is 10.1. The van der Waals surface area contributed by atoms with Gasteiger partial charge in [0.15, 0.2) is 0 Å². The molecule has 1 aromatic carbocycles. The van der Waals surface area contributed by atoms with Crippen LogP contribution in [0.4, 0.5) is 11.4 Å². The van der Waals surface area contributed by atoms with Crippen LogP contribution in [0.5, 0.6) is 0 Å². The number of fused-ring (bicyclic) bond motifs is 1. The fourth-order valence-corrected chi connectivity index (χ4v) is 2.28. The molecule has 1 aliphatic rings. The lowest BCUT2D eigenvalue weighted by Crippen LogP contribution is -2.31. The monoisotopic (exact) mass is 253 g/mol. The zero-order valence-corrected chi connectivity index (χ0v) is 10.7. The highest BCUT2D eigenvalue weighted by atomic mass is 16.1. The minimum atomic E-state index is 0.0349. The largest absolute Gasteiger partial charge is 0.355 e. The molecule has 0 fully saturated rings. The summed E-state index contributed by atoms with van der Waals surface area (Å²) in [5.74, 6) is 0.0349. The van der Waals surface area contributed by atoms with Gasteiger partial charge in [-0.15, -0.1) is 0 Å². The van der Waals surface area contributed by atoms with Gasteiger partial charge in [-0.2, -0.15) is 0 Å². The molecule has 0 spiro atoms. The summed E-state index contributed by atoms with van der Waals surface area (Å²) < 4.78 is 0. The maximum absolute atomic E-state index is 11.4. The molecule has 3 rings (SSSR count). The summed E-state index contributed by atoms with van der Waals surface area (Å²) >= 11 is 0. The van der Waals surface area contributed by atoms with E-state index < -0.39 is 0 Å². The second-order valence-corrected chi connectivity index (χ2v) is 4.73. The third-order valence-corrected chi connectivity index (χ3v) is 3.23. The Morgan fingerprint density at radius 1 is 1.32 bits per heavy atom. The summed E-state index contributed by atoms with van der Waals surface area (Å²) in [4.78, 5) is 15.7. The highest BCUT2D eigenvalue weighted by molar-refractivity contribution is 5.81. The Labute approximate surface area is 111 Å². The summed E-state index contributed by atoms with van der Waals surface area (Å²) in [6.07, 6.45) is 2.11. The molecule has 4 nitrogen and oxygen atoms in total. The number of carbonyl (C=O) groups is 1. The number of rotatable bonds is 2. The number of nitrogens with zero attached hydrogens (tertiary/aromatic N) is 1. The van der Waals surface area contributed by atoms with Crippen LogP contribution in [-0.2, 0) is 17.8 Å². The van der Waals surface area contributed by atoms with Crippen molar-refractivity contribution in [2.24, 2.45) is 0 Å². The van der Waals surface area contributed by atoms with Gasteiger partial charge in [0.2, 0.25) is 5.91 Å². The van der Waals surface area contributed by atoms with E-state index in [9.17, 15) is 4.79 Å². The predicted octanol–water partition coefficient (Wildman–Crippen LogP) is 2.31. The molecule has 1 aromatic heterocycles. The molecule has 19 heavy (non-hydrogen) atoms. The fraction of sp³-hybridized carbons (Fsp3) is 0.200. The number of amides is 1. The maximum atomic E-state index is 11.4. The van der Waals surface area contributed by atoms with Crippen LogP contribution in [-0.4, -0.2) is 10.9 Å². The number of aromatic nitrogens is 1. The Bertz CT molecular complexity index is 637. The second kappa shape index (κ2) is 4.72. The fourth-order valence-electron chi connectivity index (χ4n) is 2.28. The minimum absolute atomic E-state index is 0.0349. The van der Waals surface area contributed by atoms with Crippen molar-refractivity contribution in [1.29, 1.82) is 0 Å². The van der Waals surface area contributed by atoms with Crippen LogP contribution in [0.25, 0.3) is 0 Å². The van der Waals surface area contributed by atoms with E-state index in [1.165, 1.54) is 5.56 Å². The van der Waals surface area contributed by atoms with Gasteiger partial charge in [0.25, 0.3) is 0 Å². The number of aryl methyl sites for hydroxylation is 1. The molecule has 1 aliphatic heterocycles. The molecule has 4 heteroatoms. The maximum Gasteiger partial charge on any atom is 0.226 e. The van der Waals surface area contributed by atoms with E-state index in [4.69, 9.17) is 0 Å². The molecule has 0 unspecified atom stereocenters. The summed E-state index contributed by atoms with van der Waals surface area (Å²) in [5.41, 5.74) is 5.20. The zero-order valence-electron chi connectivity index (χ0n) is 10.7. The average Bonchev–Trinajstić information content (AvgIpc) is 2.38. The Hall–Kier alpha value is -2.36. The van der Waals surface area contributed by atoms with E-state index in [2.05, 4.69) is 34.7 Å². The van der Waals surface area contributed by atoms with Crippen LogP contribution in [0.3, 0.4) is 0 Å². The lowest BCUT2D eigenvalue weighted by Gasteiger charge is -2.20. The molecular weight excluding hydrogens is 238 g/mol. The lowest BCUT2D eigenvalue weighted by atomic mass is 10.0. The molecule has 2 heterocycles. The van der Waals surface area contributed by atoms with Crippen molar-refractivity contribution >= 4 is 17.3 Å². The summed E-state index contributed by atoms with van der Waals surface area (Å²) in [7, 11) is 0. The normalized spacial score (nSPS) is 13.6. The van der Waals surface area contributed by atoms with Gasteiger partial charge in [0.1, 0.15) is 0 Å². The molecule has 0 bridgehead atoms. The van der Waals surface area contributed by atoms with E-state index in [1.54, 1.807) is 6.20 Å². The smallest absolute Gasteiger partial charge is 0.226 e. The standard InChI is InChI=1S/C15H15N3O/c1-10-3-2-4-11(7-10)18-13-5-6-16-14-8-15(19)17-9-12(13)14/h2-7H,8-9H2,1H3,(H,16,18)(H,17,19). The van der Waals surface area contributed by atoms with Gasteiger partial charge in [-0.25, -0.2) is 0 Å². The molecule has 2 aromatic rings. The van der Waals surface area contributed by atoms with Crippen LogP contribution >= 0.6 is 0 Å². The van der Waals surface area contributed by atoms with Crippen molar-refractivity contribution in [3.63, 3.8) is 0 Å². The lowest BCUT2D eigenvalue weighted by molar-refractivity contribution is -0.121. The number of hydrogen-bond acceptors (Lipinski definition) is 3. The predicted molar refractivity (Wildman–Crippen MR) is 74.2 cm³/mol. The first kappa shape index (κ1) is 11.7. The average molecular weight is 253 g/mol. The number of pyridine rings is 1. The molecule has 0 saturated carbocycles.